The maximum absolute atomic E-state index is 12.3. The van der Waals surface area contributed by atoms with Gasteiger partial charge in [0.1, 0.15) is 6.61 Å². The molecule has 0 spiro atoms. The third-order valence-electron chi connectivity index (χ3n) is 8.46. The van der Waals surface area contributed by atoms with Gasteiger partial charge in [0.05, 0.1) is 19.5 Å². The zero-order valence-corrected chi connectivity index (χ0v) is 32.1. The summed E-state index contributed by atoms with van der Waals surface area (Å²) in [5.41, 5.74) is 5.35. The number of carbonyl (C=O) groups excluding carboxylic acids is 1. The number of hydrogen-bond donors (Lipinski definition) is 2. The summed E-state index contributed by atoms with van der Waals surface area (Å²) < 4.78 is 33.1. The van der Waals surface area contributed by atoms with E-state index in [0.717, 1.165) is 38.5 Å². The average molecular weight is 702 g/mol. The maximum atomic E-state index is 12.3. The third kappa shape index (κ3) is 36.1. The molecule has 0 aromatic carbocycles. The molecule has 0 aromatic rings. The average Bonchev–Trinajstić information content (AvgIpc) is 3.08. The fraction of sp³-hybridized carbons (Fsp3) is 0.872. The number of phosphoric acid groups is 1. The topological polar surface area (TPSA) is 117 Å². The zero-order chi connectivity index (χ0) is 35.2. The Bertz CT molecular complexity index is 792. The summed E-state index contributed by atoms with van der Waals surface area (Å²) in [5, 5.41) is 0. The molecule has 0 bridgehead atoms. The summed E-state index contributed by atoms with van der Waals surface area (Å²) >= 11 is 0. The van der Waals surface area contributed by atoms with E-state index in [-0.39, 0.29) is 32.3 Å². The predicted molar refractivity (Wildman–Crippen MR) is 201 cm³/mol. The van der Waals surface area contributed by atoms with Crippen LogP contribution in [-0.4, -0.2) is 43.3 Å². The Labute approximate surface area is 296 Å². The Morgan fingerprint density at radius 2 is 1.06 bits per heavy atom. The molecule has 0 heterocycles. The van der Waals surface area contributed by atoms with Crippen LogP contribution < -0.4 is 5.73 Å². The van der Waals surface area contributed by atoms with Gasteiger partial charge in [-0.25, -0.2) is 4.57 Å². The quantitative estimate of drug-likeness (QED) is 0.0215. The van der Waals surface area contributed by atoms with Crippen molar-refractivity contribution >= 4 is 13.8 Å². The van der Waals surface area contributed by atoms with Crippen LogP contribution in [0.1, 0.15) is 187 Å². The first-order chi connectivity index (χ1) is 23.4. The minimum absolute atomic E-state index is 0.0658. The van der Waals surface area contributed by atoms with Crippen LogP contribution in [0.25, 0.3) is 0 Å². The molecule has 284 valence electrons. The fourth-order valence-electron chi connectivity index (χ4n) is 5.45. The minimum atomic E-state index is -4.26. The van der Waals surface area contributed by atoms with E-state index in [1.807, 2.05) is 6.08 Å². The molecule has 0 aliphatic carbocycles. The summed E-state index contributed by atoms with van der Waals surface area (Å²) in [5.74, 6) is -0.299. The first-order valence-electron chi connectivity index (χ1n) is 19.9. The highest BCUT2D eigenvalue weighted by molar-refractivity contribution is 7.47. The summed E-state index contributed by atoms with van der Waals surface area (Å²) in [7, 11) is -4.26. The number of unbranched alkanes of at least 4 members (excludes halogenated alkanes) is 23. The highest BCUT2D eigenvalue weighted by Gasteiger charge is 2.24. The van der Waals surface area contributed by atoms with Crippen LogP contribution in [0.4, 0.5) is 0 Å². The summed E-state index contributed by atoms with van der Waals surface area (Å²) in [4.78, 5) is 22.2. The number of esters is 1. The van der Waals surface area contributed by atoms with Crippen LogP contribution in [0.5, 0.6) is 0 Å². The van der Waals surface area contributed by atoms with E-state index in [0.29, 0.717) is 6.42 Å². The Kier molecular flexibility index (Phi) is 36.2. The first-order valence-corrected chi connectivity index (χ1v) is 21.4. The van der Waals surface area contributed by atoms with Crippen molar-refractivity contribution in [2.45, 2.75) is 193 Å². The molecule has 0 fully saturated rings. The van der Waals surface area contributed by atoms with Gasteiger partial charge in [-0.05, 0) is 51.0 Å². The Morgan fingerprint density at radius 3 is 1.56 bits per heavy atom. The summed E-state index contributed by atoms with van der Waals surface area (Å²) in [6.45, 7) is 4.20. The molecule has 0 rings (SSSR count). The van der Waals surface area contributed by atoms with Crippen molar-refractivity contribution in [3.63, 3.8) is 0 Å². The second kappa shape index (κ2) is 37.1. The standard InChI is InChI=1S/C39H76NO7P/c1-3-5-7-9-11-13-15-17-18-19-21-23-25-27-29-31-34-44-38(37-47-48(42,43)46-35-33-40)36-45-39(41)32-30-28-26-24-22-20-16-14-12-10-8-6-4-2/h14,16,31,34,38H,3-13,15,17-30,32-33,35-37,40H2,1-2H3,(H,42,43)/t38-/m1/s1. The molecule has 0 aliphatic heterocycles. The molecule has 3 N–H and O–H groups in total. The second-order valence-electron chi connectivity index (χ2n) is 13.2. The van der Waals surface area contributed by atoms with Gasteiger partial charge in [0.25, 0.3) is 0 Å². The number of carbonyl (C=O) groups is 1. The lowest BCUT2D eigenvalue weighted by atomic mass is 10.0. The first kappa shape index (κ1) is 46.8. The molecular formula is C39H76NO7P. The third-order valence-corrected chi connectivity index (χ3v) is 9.44. The van der Waals surface area contributed by atoms with Crippen molar-refractivity contribution in [3.8, 4) is 0 Å². The van der Waals surface area contributed by atoms with Crippen molar-refractivity contribution < 1.29 is 32.8 Å². The van der Waals surface area contributed by atoms with Crippen molar-refractivity contribution in [1.29, 1.82) is 0 Å². The number of allylic oxidation sites excluding steroid dienone is 3. The van der Waals surface area contributed by atoms with Gasteiger partial charge in [-0.2, -0.15) is 0 Å². The predicted octanol–water partition coefficient (Wildman–Crippen LogP) is 11.6. The van der Waals surface area contributed by atoms with Crippen molar-refractivity contribution in [2.75, 3.05) is 26.4 Å². The monoisotopic (exact) mass is 702 g/mol. The summed E-state index contributed by atoms with van der Waals surface area (Å²) in [6, 6.07) is 0. The van der Waals surface area contributed by atoms with E-state index in [1.165, 1.54) is 128 Å². The van der Waals surface area contributed by atoms with E-state index >= 15 is 0 Å². The van der Waals surface area contributed by atoms with Crippen LogP contribution >= 0.6 is 7.82 Å². The molecule has 2 atom stereocenters. The van der Waals surface area contributed by atoms with Crippen molar-refractivity contribution in [1.82, 2.24) is 0 Å². The maximum Gasteiger partial charge on any atom is 0.472 e. The van der Waals surface area contributed by atoms with Gasteiger partial charge in [0.15, 0.2) is 6.10 Å². The van der Waals surface area contributed by atoms with Crippen LogP contribution in [0, 0.1) is 0 Å². The van der Waals surface area contributed by atoms with Gasteiger partial charge in [-0.1, -0.05) is 148 Å². The highest BCUT2D eigenvalue weighted by Crippen LogP contribution is 2.43. The van der Waals surface area contributed by atoms with Gasteiger partial charge in [-0.3, -0.25) is 13.8 Å². The number of hydrogen-bond acceptors (Lipinski definition) is 7. The van der Waals surface area contributed by atoms with Gasteiger partial charge < -0.3 is 20.1 Å². The molecule has 0 radical (unpaired) electrons. The minimum Gasteiger partial charge on any atom is -0.492 e. The van der Waals surface area contributed by atoms with Gasteiger partial charge >= 0.3 is 13.8 Å². The Morgan fingerprint density at radius 1 is 0.625 bits per heavy atom. The van der Waals surface area contributed by atoms with Crippen LogP contribution in [0.2, 0.25) is 0 Å². The summed E-state index contributed by atoms with van der Waals surface area (Å²) in [6.07, 6.45) is 40.0. The van der Waals surface area contributed by atoms with Gasteiger partial charge in [0, 0.05) is 13.0 Å². The number of nitrogens with two attached hydrogens (primary N) is 1. The van der Waals surface area contributed by atoms with E-state index in [9.17, 15) is 14.3 Å². The van der Waals surface area contributed by atoms with Crippen LogP contribution in [0.15, 0.2) is 24.5 Å². The van der Waals surface area contributed by atoms with E-state index in [2.05, 4.69) is 26.0 Å². The molecule has 0 saturated carbocycles. The number of phosphoric ester groups is 1. The number of rotatable bonds is 38. The fourth-order valence-corrected chi connectivity index (χ4v) is 6.21. The SMILES string of the molecule is CCCCCCC=CCCCCCCCC(=O)OC[C@H](COP(=O)(O)OCCN)OC=CCCCCCCCCCCCCCCCC. The highest BCUT2D eigenvalue weighted by atomic mass is 31.2. The molecule has 0 aliphatic rings. The Balaban J connectivity index is 4.12. The zero-order valence-electron chi connectivity index (χ0n) is 31.2. The van der Waals surface area contributed by atoms with E-state index in [4.69, 9.17) is 24.3 Å². The molecule has 8 nitrogen and oxygen atoms in total. The lowest BCUT2D eigenvalue weighted by molar-refractivity contribution is -0.147. The van der Waals surface area contributed by atoms with Crippen molar-refractivity contribution in [3.05, 3.63) is 24.5 Å². The normalized spacial score (nSPS) is 13.8. The number of ether oxygens (including phenoxy) is 2. The van der Waals surface area contributed by atoms with Gasteiger partial charge in [0.2, 0.25) is 0 Å². The molecule has 48 heavy (non-hydrogen) atoms. The molecular weight excluding hydrogens is 625 g/mol. The van der Waals surface area contributed by atoms with Crippen molar-refractivity contribution in [2.24, 2.45) is 5.73 Å². The molecule has 0 aromatic heterocycles. The second-order valence-corrected chi connectivity index (χ2v) is 14.7. The molecule has 9 heteroatoms. The van der Waals surface area contributed by atoms with E-state index < -0.39 is 13.9 Å². The van der Waals surface area contributed by atoms with Gasteiger partial charge in [-0.15, -0.1) is 0 Å². The molecule has 0 amide bonds. The Hall–Kier alpha value is -1.18. The lowest BCUT2D eigenvalue weighted by Crippen LogP contribution is -2.25. The van der Waals surface area contributed by atoms with Crippen LogP contribution in [0.3, 0.4) is 0 Å². The molecule has 0 saturated heterocycles. The lowest BCUT2D eigenvalue weighted by Gasteiger charge is -2.19. The smallest absolute Gasteiger partial charge is 0.472 e. The van der Waals surface area contributed by atoms with Crippen LogP contribution in [-0.2, 0) is 27.9 Å². The largest absolute Gasteiger partial charge is 0.492 e. The molecule has 1 unspecified atom stereocenters. The van der Waals surface area contributed by atoms with E-state index in [1.54, 1.807) is 6.26 Å².